The van der Waals surface area contributed by atoms with Crippen molar-refractivity contribution in [1.82, 2.24) is 15.3 Å². The number of ether oxygens (including phenoxy) is 2. The summed E-state index contributed by atoms with van der Waals surface area (Å²) in [5.41, 5.74) is 3.26. The normalized spacial score (nSPS) is 18.5. The van der Waals surface area contributed by atoms with Gasteiger partial charge in [0.25, 0.3) is 5.91 Å². The maximum atomic E-state index is 12.6. The molecule has 1 aliphatic rings. The van der Waals surface area contributed by atoms with Gasteiger partial charge in [-0.25, -0.2) is 0 Å². The van der Waals surface area contributed by atoms with Crippen LogP contribution in [0.25, 0.3) is 11.1 Å². The number of carbonyl (C=O) groups excluding carboxylic acids is 1. The molecule has 0 aliphatic heterocycles. The van der Waals surface area contributed by atoms with Gasteiger partial charge in [0.15, 0.2) is 6.10 Å². The zero-order chi connectivity index (χ0) is 24.6. The molecule has 1 N–H and O–H groups in total. The average Bonchev–Trinajstić information content (AvgIpc) is 2.89. The third-order valence-corrected chi connectivity index (χ3v) is 6.70. The Morgan fingerprint density at radius 3 is 2.46 bits per heavy atom. The Kier molecular flexibility index (Phi) is 8.59. The van der Waals surface area contributed by atoms with Crippen LogP contribution < -0.4 is 14.8 Å². The zero-order valence-electron chi connectivity index (χ0n) is 20.2. The standard InChI is InChI=1S/C28H32ClN3O3/c1-3-34-24-8-10-25(11-9-24)35-19(2)28(33)32-17-20-4-6-22(7-5-20)27-26(16-23(29)18-31-27)21-12-14-30-15-13-21/h8-16,18-20,22H,3-7,17H2,1-2H3,(H,32,33)/t19-,20?,22?/m0/s1. The molecular formula is C28H32ClN3O3. The van der Waals surface area contributed by atoms with Crippen molar-refractivity contribution >= 4 is 17.5 Å². The highest BCUT2D eigenvalue weighted by Gasteiger charge is 2.26. The lowest BCUT2D eigenvalue weighted by molar-refractivity contribution is -0.127. The number of amides is 1. The van der Waals surface area contributed by atoms with Crippen molar-refractivity contribution in [3.63, 3.8) is 0 Å². The molecule has 1 aliphatic carbocycles. The Morgan fingerprint density at radius 1 is 1.09 bits per heavy atom. The first-order chi connectivity index (χ1) is 17.0. The summed E-state index contributed by atoms with van der Waals surface area (Å²) in [5, 5.41) is 3.71. The minimum Gasteiger partial charge on any atom is -0.494 e. The molecule has 2 aromatic heterocycles. The van der Waals surface area contributed by atoms with Gasteiger partial charge in [-0.2, -0.15) is 0 Å². The molecule has 1 fully saturated rings. The SMILES string of the molecule is CCOc1ccc(O[C@@H](C)C(=O)NCC2CCC(c3ncc(Cl)cc3-c3ccncc3)CC2)cc1. The van der Waals surface area contributed by atoms with Crippen molar-refractivity contribution in [2.75, 3.05) is 13.2 Å². The molecule has 1 amide bonds. The first-order valence-electron chi connectivity index (χ1n) is 12.3. The average molecular weight is 494 g/mol. The first-order valence-corrected chi connectivity index (χ1v) is 12.6. The van der Waals surface area contributed by atoms with E-state index in [2.05, 4.69) is 10.3 Å². The van der Waals surface area contributed by atoms with Gasteiger partial charge in [0.1, 0.15) is 11.5 Å². The number of halogens is 1. The van der Waals surface area contributed by atoms with E-state index in [1.807, 2.05) is 49.4 Å². The molecule has 7 heteroatoms. The molecular weight excluding hydrogens is 462 g/mol. The van der Waals surface area contributed by atoms with Gasteiger partial charge in [0.05, 0.1) is 17.3 Å². The maximum absolute atomic E-state index is 12.6. The van der Waals surface area contributed by atoms with Gasteiger partial charge < -0.3 is 14.8 Å². The van der Waals surface area contributed by atoms with E-state index in [1.54, 1.807) is 25.5 Å². The lowest BCUT2D eigenvalue weighted by atomic mass is 9.78. The van der Waals surface area contributed by atoms with Crippen molar-refractivity contribution in [1.29, 1.82) is 0 Å². The summed E-state index contributed by atoms with van der Waals surface area (Å²) in [5.74, 6) is 2.17. The van der Waals surface area contributed by atoms with E-state index in [0.29, 0.717) is 35.8 Å². The predicted molar refractivity (Wildman–Crippen MR) is 138 cm³/mol. The van der Waals surface area contributed by atoms with Crippen LogP contribution in [0.5, 0.6) is 11.5 Å². The van der Waals surface area contributed by atoms with E-state index in [-0.39, 0.29) is 5.91 Å². The van der Waals surface area contributed by atoms with E-state index in [0.717, 1.165) is 48.3 Å². The molecule has 1 atom stereocenters. The van der Waals surface area contributed by atoms with Crippen molar-refractivity contribution in [3.8, 4) is 22.6 Å². The number of carbonyl (C=O) groups is 1. The Labute approximate surface area is 212 Å². The number of rotatable bonds is 9. The Hall–Kier alpha value is -3.12. The number of pyridine rings is 2. The highest BCUT2D eigenvalue weighted by Crippen LogP contribution is 2.39. The molecule has 0 bridgehead atoms. The van der Waals surface area contributed by atoms with Crippen LogP contribution in [0.4, 0.5) is 0 Å². The van der Waals surface area contributed by atoms with Crippen LogP contribution >= 0.6 is 11.6 Å². The molecule has 0 unspecified atom stereocenters. The van der Waals surface area contributed by atoms with Crippen molar-refractivity contribution in [2.45, 2.75) is 51.6 Å². The van der Waals surface area contributed by atoms with E-state index < -0.39 is 6.10 Å². The molecule has 1 aromatic carbocycles. The van der Waals surface area contributed by atoms with Crippen molar-refractivity contribution in [3.05, 3.63) is 71.8 Å². The summed E-state index contributed by atoms with van der Waals surface area (Å²) in [4.78, 5) is 21.4. The van der Waals surface area contributed by atoms with Crippen LogP contribution in [0.15, 0.2) is 61.1 Å². The second kappa shape index (κ2) is 12.0. The first kappa shape index (κ1) is 25.0. The zero-order valence-corrected chi connectivity index (χ0v) is 21.0. The summed E-state index contributed by atoms with van der Waals surface area (Å²) >= 11 is 6.26. The number of hydrogen-bond acceptors (Lipinski definition) is 5. The molecule has 2 heterocycles. The largest absolute Gasteiger partial charge is 0.494 e. The Bertz CT molecular complexity index is 1100. The molecule has 6 nitrogen and oxygen atoms in total. The summed E-state index contributed by atoms with van der Waals surface area (Å²) < 4.78 is 11.2. The predicted octanol–water partition coefficient (Wildman–Crippen LogP) is 6.05. The molecule has 0 saturated heterocycles. The summed E-state index contributed by atoms with van der Waals surface area (Å²) in [6, 6.07) is 13.3. The van der Waals surface area contributed by atoms with Crippen LogP contribution in [-0.2, 0) is 4.79 Å². The van der Waals surface area contributed by atoms with Crippen LogP contribution in [0.1, 0.15) is 51.1 Å². The van der Waals surface area contributed by atoms with Crippen LogP contribution in [0.2, 0.25) is 5.02 Å². The number of aromatic nitrogens is 2. The number of hydrogen-bond donors (Lipinski definition) is 1. The number of nitrogens with zero attached hydrogens (tertiary/aromatic N) is 2. The summed E-state index contributed by atoms with van der Waals surface area (Å²) in [6.07, 6.45) is 8.90. The third kappa shape index (κ3) is 6.73. The highest BCUT2D eigenvalue weighted by atomic mass is 35.5. The van der Waals surface area contributed by atoms with Crippen molar-refractivity contribution < 1.29 is 14.3 Å². The number of benzene rings is 1. The number of nitrogens with one attached hydrogen (secondary N) is 1. The smallest absolute Gasteiger partial charge is 0.260 e. The molecule has 184 valence electrons. The van der Waals surface area contributed by atoms with Gasteiger partial charge >= 0.3 is 0 Å². The molecule has 3 aromatic rings. The van der Waals surface area contributed by atoms with E-state index >= 15 is 0 Å². The van der Waals surface area contributed by atoms with Gasteiger partial charge in [-0.15, -0.1) is 0 Å². The highest BCUT2D eigenvalue weighted by molar-refractivity contribution is 6.30. The van der Waals surface area contributed by atoms with E-state index in [4.69, 9.17) is 26.1 Å². The van der Waals surface area contributed by atoms with Crippen LogP contribution in [0.3, 0.4) is 0 Å². The van der Waals surface area contributed by atoms with Gasteiger partial charge in [-0.3, -0.25) is 14.8 Å². The van der Waals surface area contributed by atoms with Gasteiger partial charge in [-0.05, 0) is 93.5 Å². The van der Waals surface area contributed by atoms with Crippen LogP contribution in [-0.4, -0.2) is 35.1 Å². The molecule has 0 spiro atoms. The summed E-state index contributed by atoms with van der Waals surface area (Å²) in [6.45, 7) is 4.99. The monoisotopic (exact) mass is 493 g/mol. The third-order valence-electron chi connectivity index (χ3n) is 6.49. The molecule has 1 saturated carbocycles. The van der Waals surface area contributed by atoms with Crippen LogP contribution in [0, 0.1) is 5.92 Å². The lowest BCUT2D eigenvalue weighted by Gasteiger charge is -2.29. The fraction of sp³-hybridized carbons (Fsp3) is 0.393. The van der Waals surface area contributed by atoms with E-state index in [9.17, 15) is 4.79 Å². The summed E-state index contributed by atoms with van der Waals surface area (Å²) in [7, 11) is 0. The van der Waals surface area contributed by atoms with Gasteiger partial charge in [0, 0.05) is 36.6 Å². The molecule has 0 radical (unpaired) electrons. The molecule has 4 rings (SSSR count). The second-order valence-electron chi connectivity index (χ2n) is 8.95. The fourth-order valence-electron chi connectivity index (χ4n) is 4.61. The molecule has 35 heavy (non-hydrogen) atoms. The minimum absolute atomic E-state index is 0.0969. The maximum Gasteiger partial charge on any atom is 0.260 e. The fourth-order valence-corrected chi connectivity index (χ4v) is 4.76. The van der Waals surface area contributed by atoms with Gasteiger partial charge in [0.2, 0.25) is 0 Å². The second-order valence-corrected chi connectivity index (χ2v) is 9.39. The Balaban J connectivity index is 1.27. The lowest BCUT2D eigenvalue weighted by Crippen LogP contribution is -2.39. The Morgan fingerprint density at radius 2 is 1.77 bits per heavy atom. The van der Waals surface area contributed by atoms with Crippen molar-refractivity contribution in [2.24, 2.45) is 5.92 Å². The minimum atomic E-state index is -0.564. The topological polar surface area (TPSA) is 73.3 Å². The van der Waals surface area contributed by atoms with Gasteiger partial charge in [-0.1, -0.05) is 11.6 Å². The van der Waals surface area contributed by atoms with E-state index in [1.165, 1.54) is 0 Å². The quantitative estimate of drug-likeness (QED) is 0.392.